The third kappa shape index (κ3) is 5.60. The van der Waals surface area contributed by atoms with Crippen molar-refractivity contribution in [3.8, 4) is 6.07 Å². The molecule has 4 nitrogen and oxygen atoms in total. The first-order valence-corrected chi connectivity index (χ1v) is 13.2. The summed E-state index contributed by atoms with van der Waals surface area (Å²) in [5.74, 6) is 0.933. The highest BCUT2D eigenvalue weighted by atomic mass is 15.3. The molecule has 2 heterocycles. The Morgan fingerprint density at radius 2 is 1.62 bits per heavy atom. The molecule has 2 saturated heterocycles. The van der Waals surface area contributed by atoms with E-state index in [1.807, 2.05) is 0 Å². The van der Waals surface area contributed by atoms with Gasteiger partial charge in [-0.1, -0.05) is 27.2 Å². The third-order valence-electron chi connectivity index (χ3n) is 8.37. The molecule has 176 valence electrons. The van der Waals surface area contributed by atoms with Crippen LogP contribution in [0.25, 0.3) is 0 Å². The van der Waals surface area contributed by atoms with E-state index in [4.69, 9.17) is 0 Å². The van der Waals surface area contributed by atoms with Gasteiger partial charge in [0.15, 0.2) is 0 Å². The first kappa shape index (κ1) is 23.4. The van der Waals surface area contributed by atoms with Crippen LogP contribution in [0.5, 0.6) is 0 Å². The Morgan fingerprint density at radius 3 is 2.25 bits per heavy atom. The van der Waals surface area contributed by atoms with Crippen LogP contribution in [0.15, 0.2) is 18.2 Å². The molecule has 1 aliphatic carbocycles. The zero-order valence-electron chi connectivity index (χ0n) is 20.8. The van der Waals surface area contributed by atoms with Crippen molar-refractivity contribution in [2.75, 3.05) is 55.6 Å². The second-order valence-electron chi connectivity index (χ2n) is 11.3. The van der Waals surface area contributed by atoms with Gasteiger partial charge in [-0.2, -0.15) is 5.26 Å². The lowest BCUT2D eigenvalue weighted by molar-refractivity contribution is 0.224. The number of hydrogen-bond acceptors (Lipinski definition) is 4. The smallest absolute Gasteiger partial charge is 0.0657 e. The van der Waals surface area contributed by atoms with E-state index in [1.54, 1.807) is 5.56 Å². The first-order chi connectivity index (χ1) is 15.5. The fourth-order valence-electron chi connectivity index (χ4n) is 5.92. The zero-order chi connectivity index (χ0) is 22.6. The lowest BCUT2D eigenvalue weighted by Crippen LogP contribution is -2.47. The molecule has 0 N–H and O–H groups in total. The van der Waals surface area contributed by atoms with Crippen LogP contribution in [-0.4, -0.2) is 50.7 Å². The van der Waals surface area contributed by atoms with Crippen molar-refractivity contribution in [1.29, 1.82) is 5.26 Å². The Morgan fingerprint density at radius 1 is 0.938 bits per heavy atom. The van der Waals surface area contributed by atoms with E-state index in [1.165, 1.54) is 69.5 Å². The van der Waals surface area contributed by atoms with Gasteiger partial charge in [0.1, 0.15) is 0 Å². The molecule has 3 fully saturated rings. The molecule has 4 heteroatoms. The summed E-state index contributed by atoms with van der Waals surface area (Å²) >= 11 is 0. The Hall–Kier alpha value is -1.73. The molecule has 0 aromatic heterocycles. The predicted octanol–water partition coefficient (Wildman–Crippen LogP) is 6.03. The molecule has 0 radical (unpaired) electrons. The Kier molecular flexibility index (Phi) is 7.66. The molecular weight excluding hydrogens is 392 g/mol. The molecule has 0 spiro atoms. The molecule has 0 atom stereocenters. The first-order valence-electron chi connectivity index (χ1n) is 13.2. The Labute approximate surface area is 196 Å². The van der Waals surface area contributed by atoms with Gasteiger partial charge in [-0.25, -0.2) is 0 Å². The van der Waals surface area contributed by atoms with Gasteiger partial charge in [0.2, 0.25) is 0 Å². The highest BCUT2D eigenvalue weighted by Crippen LogP contribution is 2.46. The van der Waals surface area contributed by atoms with Crippen molar-refractivity contribution in [3.05, 3.63) is 23.8 Å². The molecule has 1 aromatic carbocycles. The molecule has 0 bridgehead atoms. The van der Waals surface area contributed by atoms with Crippen LogP contribution in [0, 0.1) is 22.7 Å². The highest BCUT2D eigenvalue weighted by Gasteiger charge is 2.31. The van der Waals surface area contributed by atoms with Crippen molar-refractivity contribution in [2.45, 2.75) is 78.1 Å². The topological polar surface area (TPSA) is 33.5 Å². The largest absolute Gasteiger partial charge is 0.371 e. The van der Waals surface area contributed by atoms with Gasteiger partial charge in [-0.3, -0.25) is 4.90 Å². The molecule has 0 amide bonds. The van der Waals surface area contributed by atoms with Crippen molar-refractivity contribution < 1.29 is 0 Å². The van der Waals surface area contributed by atoms with Gasteiger partial charge >= 0.3 is 0 Å². The number of nitrogens with zero attached hydrogens (tertiary/aromatic N) is 4. The maximum atomic E-state index is 9.27. The van der Waals surface area contributed by atoms with E-state index in [0.717, 1.165) is 39.0 Å². The van der Waals surface area contributed by atoms with Crippen molar-refractivity contribution >= 4 is 11.4 Å². The fourth-order valence-corrected chi connectivity index (χ4v) is 5.92. The summed E-state index contributed by atoms with van der Waals surface area (Å²) in [6.45, 7) is 15.2. The maximum Gasteiger partial charge on any atom is 0.0657 e. The van der Waals surface area contributed by atoms with Crippen LogP contribution >= 0.6 is 0 Å². The highest BCUT2D eigenvalue weighted by molar-refractivity contribution is 5.63. The minimum absolute atomic E-state index is 0.245. The molecule has 32 heavy (non-hydrogen) atoms. The van der Waals surface area contributed by atoms with Gasteiger partial charge in [0, 0.05) is 56.6 Å². The van der Waals surface area contributed by atoms with Crippen LogP contribution in [0.2, 0.25) is 0 Å². The second-order valence-corrected chi connectivity index (χ2v) is 11.3. The van der Waals surface area contributed by atoms with E-state index in [9.17, 15) is 5.26 Å². The van der Waals surface area contributed by atoms with Gasteiger partial charge in [-0.05, 0) is 86.6 Å². The molecule has 1 aromatic rings. The van der Waals surface area contributed by atoms with E-state index < -0.39 is 0 Å². The summed E-state index contributed by atoms with van der Waals surface area (Å²) in [5, 5.41) is 9.27. The van der Waals surface area contributed by atoms with Gasteiger partial charge in [0.05, 0.1) is 6.07 Å². The number of hydrogen-bond donors (Lipinski definition) is 0. The van der Waals surface area contributed by atoms with E-state index >= 15 is 0 Å². The number of benzene rings is 1. The van der Waals surface area contributed by atoms with Crippen molar-refractivity contribution in [1.82, 2.24) is 4.90 Å². The number of unbranched alkanes of at least 4 members (excludes halogenated alkanes) is 1. The number of piperidine rings is 1. The summed E-state index contributed by atoms with van der Waals surface area (Å²) < 4.78 is 0. The van der Waals surface area contributed by atoms with E-state index in [0.29, 0.717) is 11.3 Å². The SMILES string of the molecule is CCCCN1CCN(c2ccc(N3CCC(C#N)CC3)cc2C2CCC(C)(C)CC2)CC1. The van der Waals surface area contributed by atoms with Crippen LogP contribution in [0.3, 0.4) is 0 Å². The predicted molar refractivity (Wildman–Crippen MR) is 136 cm³/mol. The van der Waals surface area contributed by atoms with E-state index in [-0.39, 0.29) is 5.92 Å². The lowest BCUT2D eigenvalue weighted by atomic mass is 9.71. The Balaban J connectivity index is 1.52. The summed E-state index contributed by atoms with van der Waals surface area (Å²) in [6, 6.07) is 9.81. The van der Waals surface area contributed by atoms with Crippen molar-refractivity contribution in [3.63, 3.8) is 0 Å². The normalized spacial score (nSPS) is 23.3. The van der Waals surface area contributed by atoms with Crippen LogP contribution in [0.1, 0.15) is 83.6 Å². The summed E-state index contributed by atoms with van der Waals surface area (Å²) in [4.78, 5) is 7.84. The monoisotopic (exact) mass is 436 g/mol. The Bertz CT molecular complexity index is 769. The van der Waals surface area contributed by atoms with Gasteiger partial charge < -0.3 is 9.80 Å². The standard InChI is InChI=1S/C28H44N4/c1-4-5-14-30-17-19-32(20-18-30)27-7-6-25(31-15-10-23(22-29)11-16-31)21-26(27)24-8-12-28(2,3)13-9-24/h6-7,21,23-24H,4-5,8-20H2,1-3H3. The maximum absolute atomic E-state index is 9.27. The van der Waals surface area contributed by atoms with Crippen LogP contribution < -0.4 is 9.80 Å². The second kappa shape index (κ2) is 10.5. The number of nitriles is 1. The zero-order valence-corrected chi connectivity index (χ0v) is 20.8. The molecule has 1 saturated carbocycles. The quantitative estimate of drug-likeness (QED) is 0.545. The summed E-state index contributed by atoms with van der Waals surface area (Å²) in [7, 11) is 0. The van der Waals surface area contributed by atoms with Gasteiger partial charge in [0.25, 0.3) is 0 Å². The third-order valence-corrected chi connectivity index (χ3v) is 8.37. The number of rotatable bonds is 6. The average Bonchev–Trinajstić information content (AvgIpc) is 2.83. The average molecular weight is 437 g/mol. The molecule has 3 aliphatic rings. The molecule has 2 aliphatic heterocycles. The van der Waals surface area contributed by atoms with Crippen molar-refractivity contribution in [2.24, 2.45) is 11.3 Å². The molecular formula is C28H44N4. The number of anilines is 2. The fraction of sp³-hybridized carbons (Fsp3) is 0.750. The minimum Gasteiger partial charge on any atom is -0.371 e. The molecule has 4 rings (SSSR count). The summed E-state index contributed by atoms with van der Waals surface area (Å²) in [6.07, 6.45) is 9.91. The van der Waals surface area contributed by atoms with Crippen LogP contribution in [0.4, 0.5) is 11.4 Å². The van der Waals surface area contributed by atoms with Crippen LogP contribution in [-0.2, 0) is 0 Å². The summed E-state index contributed by atoms with van der Waals surface area (Å²) in [5.41, 5.74) is 4.98. The number of piperazine rings is 1. The van der Waals surface area contributed by atoms with E-state index in [2.05, 4.69) is 59.7 Å². The lowest BCUT2D eigenvalue weighted by Gasteiger charge is -2.40. The minimum atomic E-state index is 0.245. The molecule has 0 unspecified atom stereocenters. The van der Waals surface area contributed by atoms with Gasteiger partial charge in [-0.15, -0.1) is 0 Å².